The lowest BCUT2D eigenvalue weighted by Gasteiger charge is -2.14. The first-order chi connectivity index (χ1) is 10.1. The van der Waals surface area contributed by atoms with E-state index in [0.717, 1.165) is 12.8 Å². The van der Waals surface area contributed by atoms with Crippen LogP contribution >= 0.6 is 0 Å². The predicted molar refractivity (Wildman–Crippen MR) is 84.0 cm³/mol. The van der Waals surface area contributed by atoms with Gasteiger partial charge in [0.15, 0.2) is 0 Å². The van der Waals surface area contributed by atoms with Gasteiger partial charge in [-0.05, 0) is 31.9 Å². The van der Waals surface area contributed by atoms with Gasteiger partial charge in [-0.15, -0.1) is 0 Å². The molecule has 118 valence electrons. The Morgan fingerprint density at radius 1 is 1.24 bits per heavy atom. The van der Waals surface area contributed by atoms with Crippen LogP contribution in [0.2, 0.25) is 0 Å². The molecule has 6 heteroatoms. The highest BCUT2D eigenvalue weighted by atomic mass is 32.2. The third kappa shape index (κ3) is 4.69. The summed E-state index contributed by atoms with van der Waals surface area (Å²) in [7, 11) is -3.50. The monoisotopic (exact) mass is 312 g/mol. The molecule has 1 aromatic carbocycles. The summed E-state index contributed by atoms with van der Waals surface area (Å²) in [5.74, 6) is 0. The van der Waals surface area contributed by atoms with E-state index in [1.54, 1.807) is 18.2 Å². The highest BCUT2D eigenvalue weighted by Crippen LogP contribution is 2.21. The molecule has 0 aromatic heterocycles. The topological polar surface area (TPSA) is 67.4 Å². The summed E-state index contributed by atoms with van der Waals surface area (Å²) in [6.45, 7) is 3.34. The molecule has 5 nitrogen and oxygen atoms in total. The van der Waals surface area contributed by atoms with Gasteiger partial charge in [0.05, 0.1) is 18.4 Å². The molecule has 0 atom stereocenters. The Balaban J connectivity index is 1.88. The Morgan fingerprint density at radius 2 is 1.95 bits per heavy atom. The summed E-state index contributed by atoms with van der Waals surface area (Å²) in [5, 5.41) is 3.07. The van der Waals surface area contributed by atoms with E-state index in [4.69, 9.17) is 4.74 Å². The van der Waals surface area contributed by atoms with Gasteiger partial charge < -0.3 is 10.1 Å². The summed E-state index contributed by atoms with van der Waals surface area (Å²) < 4.78 is 32.9. The molecule has 1 aromatic rings. The Hall–Kier alpha value is -1.11. The average molecular weight is 312 g/mol. The molecule has 1 aliphatic carbocycles. The van der Waals surface area contributed by atoms with Crippen LogP contribution < -0.4 is 10.0 Å². The van der Waals surface area contributed by atoms with Gasteiger partial charge >= 0.3 is 0 Å². The Kier molecular flexibility index (Phi) is 6.02. The van der Waals surface area contributed by atoms with Gasteiger partial charge in [-0.3, -0.25) is 0 Å². The summed E-state index contributed by atoms with van der Waals surface area (Å²) in [5.41, 5.74) is 0.629. The minimum atomic E-state index is -3.50. The van der Waals surface area contributed by atoms with Crippen molar-refractivity contribution in [1.82, 2.24) is 4.72 Å². The third-order valence-electron chi connectivity index (χ3n) is 3.59. The largest absolute Gasteiger partial charge is 0.384 e. The first-order valence-electron chi connectivity index (χ1n) is 7.57. The quantitative estimate of drug-likeness (QED) is 0.723. The fourth-order valence-electron chi connectivity index (χ4n) is 2.57. The van der Waals surface area contributed by atoms with Crippen molar-refractivity contribution in [2.45, 2.75) is 43.6 Å². The van der Waals surface area contributed by atoms with E-state index in [1.807, 2.05) is 13.0 Å². The Labute approximate surface area is 127 Å². The number of benzene rings is 1. The van der Waals surface area contributed by atoms with Crippen molar-refractivity contribution in [2.24, 2.45) is 0 Å². The smallest absolute Gasteiger partial charge is 0.242 e. The number of rotatable bonds is 8. The number of hydrogen-bond donors (Lipinski definition) is 2. The molecule has 2 N–H and O–H groups in total. The second-order valence-corrected chi connectivity index (χ2v) is 6.94. The first kappa shape index (κ1) is 16.3. The van der Waals surface area contributed by atoms with Crippen LogP contribution in [0.25, 0.3) is 0 Å². The minimum Gasteiger partial charge on any atom is -0.384 e. The second kappa shape index (κ2) is 7.77. The van der Waals surface area contributed by atoms with Crippen LogP contribution in [-0.2, 0) is 14.8 Å². The van der Waals surface area contributed by atoms with Crippen LogP contribution in [-0.4, -0.2) is 34.2 Å². The lowest BCUT2D eigenvalue weighted by Crippen LogP contribution is -2.29. The number of nitrogens with one attached hydrogen (secondary N) is 2. The highest BCUT2D eigenvalue weighted by Gasteiger charge is 2.18. The van der Waals surface area contributed by atoms with Gasteiger partial charge in [0, 0.05) is 13.1 Å². The molecule has 0 spiro atoms. The standard InChI is InChI=1S/C15H24N2O3S/c1-2-16-14-9-5-6-10-15(14)21(18,19)17-11-12-20-13-7-3-4-8-13/h5-6,9-10,13,16-17H,2-4,7-8,11-12H2,1H3. The van der Waals surface area contributed by atoms with E-state index < -0.39 is 10.0 Å². The molecular formula is C15H24N2O3S. The van der Waals surface area contributed by atoms with Crippen LogP contribution in [0.4, 0.5) is 5.69 Å². The molecule has 1 aliphatic rings. The van der Waals surface area contributed by atoms with Crippen LogP contribution in [0.3, 0.4) is 0 Å². The van der Waals surface area contributed by atoms with Gasteiger partial charge in [0.25, 0.3) is 0 Å². The van der Waals surface area contributed by atoms with E-state index in [2.05, 4.69) is 10.0 Å². The van der Waals surface area contributed by atoms with Crippen molar-refractivity contribution in [3.8, 4) is 0 Å². The molecule has 1 saturated carbocycles. The highest BCUT2D eigenvalue weighted by molar-refractivity contribution is 7.89. The maximum absolute atomic E-state index is 12.3. The zero-order valence-corrected chi connectivity index (χ0v) is 13.3. The number of anilines is 1. The molecule has 0 radical (unpaired) electrons. The SMILES string of the molecule is CCNc1ccccc1S(=O)(=O)NCCOC1CCCC1. The molecule has 1 fully saturated rings. The van der Waals surface area contributed by atoms with Crippen LogP contribution in [0.5, 0.6) is 0 Å². The van der Waals surface area contributed by atoms with Crippen molar-refractivity contribution in [1.29, 1.82) is 0 Å². The number of sulfonamides is 1. The van der Waals surface area contributed by atoms with Crippen LogP contribution in [0.15, 0.2) is 29.2 Å². The van der Waals surface area contributed by atoms with Gasteiger partial charge in [0.2, 0.25) is 10.0 Å². The van der Waals surface area contributed by atoms with Crippen molar-refractivity contribution >= 4 is 15.7 Å². The number of para-hydroxylation sites is 1. The molecule has 0 bridgehead atoms. The molecule has 0 aliphatic heterocycles. The number of ether oxygens (including phenoxy) is 1. The summed E-state index contributed by atoms with van der Waals surface area (Å²) in [6, 6.07) is 6.93. The van der Waals surface area contributed by atoms with Gasteiger partial charge in [-0.25, -0.2) is 13.1 Å². The van der Waals surface area contributed by atoms with E-state index in [0.29, 0.717) is 31.5 Å². The van der Waals surface area contributed by atoms with Crippen LogP contribution in [0, 0.1) is 0 Å². The summed E-state index contributed by atoms with van der Waals surface area (Å²) >= 11 is 0. The fourth-order valence-corrected chi connectivity index (χ4v) is 3.77. The molecule has 0 unspecified atom stereocenters. The first-order valence-corrected chi connectivity index (χ1v) is 9.06. The predicted octanol–water partition coefficient (Wildman–Crippen LogP) is 2.36. The van der Waals surface area contributed by atoms with Gasteiger partial charge in [0.1, 0.15) is 4.90 Å². The van der Waals surface area contributed by atoms with Crippen molar-refractivity contribution in [2.75, 3.05) is 25.0 Å². The molecule has 0 saturated heterocycles. The molecule has 2 rings (SSSR count). The molecule has 21 heavy (non-hydrogen) atoms. The molecule has 0 heterocycles. The normalized spacial score (nSPS) is 16.2. The van der Waals surface area contributed by atoms with Crippen LogP contribution in [0.1, 0.15) is 32.6 Å². The number of hydrogen-bond acceptors (Lipinski definition) is 4. The van der Waals surface area contributed by atoms with E-state index in [-0.39, 0.29) is 4.90 Å². The zero-order valence-electron chi connectivity index (χ0n) is 12.5. The summed E-state index contributed by atoms with van der Waals surface area (Å²) in [6.07, 6.45) is 4.92. The third-order valence-corrected chi connectivity index (χ3v) is 5.11. The maximum atomic E-state index is 12.3. The zero-order chi connectivity index (χ0) is 15.1. The average Bonchev–Trinajstić information content (AvgIpc) is 2.98. The Morgan fingerprint density at radius 3 is 2.67 bits per heavy atom. The van der Waals surface area contributed by atoms with E-state index in [1.165, 1.54) is 12.8 Å². The lowest BCUT2D eigenvalue weighted by molar-refractivity contribution is 0.0626. The van der Waals surface area contributed by atoms with E-state index in [9.17, 15) is 8.42 Å². The fraction of sp³-hybridized carbons (Fsp3) is 0.600. The second-order valence-electron chi connectivity index (χ2n) is 5.20. The van der Waals surface area contributed by atoms with Gasteiger partial charge in [-0.1, -0.05) is 25.0 Å². The van der Waals surface area contributed by atoms with Crippen molar-refractivity contribution < 1.29 is 13.2 Å². The van der Waals surface area contributed by atoms with E-state index >= 15 is 0 Å². The van der Waals surface area contributed by atoms with Gasteiger partial charge in [-0.2, -0.15) is 0 Å². The maximum Gasteiger partial charge on any atom is 0.242 e. The van der Waals surface area contributed by atoms with Crippen molar-refractivity contribution in [3.63, 3.8) is 0 Å². The summed E-state index contributed by atoms with van der Waals surface area (Å²) in [4.78, 5) is 0.285. The minimum absolute atomic E-state index is 0.285. The Bertz CT molecular complexity index is 540. The van der Waals surface area contributed by atoms with Crippen molar-refractivity contribution in [3.05, 3.63) is 24.3 Å². The molecule has 0 amide bonds. The molecular weight excluding hydrogens is 288 g/mol. The lowest BCUT2D eigenvalue weighted by atomic mass is 10.3.